The summed E-state index contributed by atoms with van der Waals surface area (Å²) in [5.41, 5.74) is 0.599. The third kappa shape index (κ3) is 2.44. The maximum absolute atomic E-state index is 5.70. The van der Waals surface area contributed by atoms with Crippen LogP contribution in [0.1, 0.15) is 26.7 Å². The molecule has 0 aromatic rings. The Bertz CT molecular complexity index is 213. The van der Waals surface area contributed by atoms with E-state index >= 15 is 0 Å². The highest BCUT2D eigenvalue weighted by Crippen LogP contribution is 2.47. The Labute approximate surface area is 92.4 Å². The fraction of sp³-hybridized carbons (Fsp3) is 1.00. The van der Waals surface area contributed by atoms with E-state index < -0.39 is 0 Å². The van der Waals surface area contributed by atoms with Crippen molar-refractivity contribution in [2.24, 2.45) is 5.41 Å². The van der Waals surface area contributed by atoms with Crippen LogP contribution in [0.5, 0.6) is 0 Å². The van der Waals surface area contributed by atoms with Crippen LogP contribution < -0.4 is 0 Å². The zero-order valence-electron chi connectivity index (χ0n) is 9.25. The molecule has 0 aromatic carbocycles. The molecule has 3 heteroatoms. The molecule has 0 N–H and O–H groups in total. The summed E-state index contributed by atoms with van der Waals surface area (Å²) < 4.78 is 5.70. The third-order valence-corrected chi connectivity index (χ3v) is 4.03. The van der Waals surface area contributed by atoms with Gasteiger partial charge in [-0.3, -0.25) is 4.90 Å². The highest BCUT2D eigenvalue weighted by Gasteiger charge is 2.43. The number of hydrogen-bond donors (Lipinski definition) is 1. The minimum Gasteiger partial charge on any atom is -0.373 e. The predicted molar refractivity (Wildman–Crippen MR) is 62.0 cm³/mol. The SMILES string of the molecule is CC1(C)CN(CC2(CS)CC2)CCO1. The first-order valence-electron chi connectivity index (χ1n) is 5.53. The molecule has 1 saturated heterocycles. The Kier molecular flexibility index (Phi) is 2.84. The molecule has 1 saturated carbocycles. The Morgan fingerprint density at radius 2 is 2.07 bits per heavy atom. The third-order valence-electron chi connectivity index (χ3n) is 3.36. The fourth-order valence-electron chi connectivity index (χ4n) is 2.27. The molecule has 0 bridgehead atoms. The molecule has 2 nitrogen and oxygen atoms in total. The first kappa shape index (κ1) is 10.8. The second-order valence-electron chi connectivity index (χ2n) is 5.48. The van der Waals surface area contributed by atoms with E-state index in [0.29, 0.717) is 5.41 Å². The van der Waals surface area contributed by atoms with Gasteiger partial charge in [-0.05, 0) is 37.9 Å². The maximum Gasteiger partial charge on any atom is 0.0753 e. The van der Waals surface area contributed by atoms with E-state index in [0.717, 1.165) is 25.4 Å². The Balaban J connectivity index is 1.86. The van der Waals surface area contributed by atoms with E-state index in [1.807, 2.05) is 0 Å². The quantitative estimate of drug-likeness (QED) is 0.721. The van der Waals surface area contributed by atoms with Crippen LogP contribution in [-0.2, 0) is 4.74 Å². The van der Waals surface area contributed by atoms with Gasteiger partial charge in [0.05, 0.1) is 12.2 Å². The van der Waals surface area contributed by atoms with Crippen molar-refractivity contribution in [1.82, 2.24) is 4.90 Å². The normalized spacial score (nSPS) is 30.2. The predicted octanol–water partition coefficient (Wildman–Crippen LogP) is 1.81. The van der Waals surface area contributed by atoms with Crippen molar-refractivity contribution < 1.29 is 4.74 Å². The molecule has 14 heavy (non-hydrogen) atoms. The molecule has 2 fully saturated rings. The molecule has 0 amide bonds. The Hall–Kier alpha value is 0.270. The largest absolute Gasteiger partial charge is 0.373 e. The summed E-state index contributed by atoms with van der Waals surface area (Å²) in [7, 11) is 0. The van der Waals surface area contributed by atoms with E-state index in [9.17, 15) is 0 Å². The van der Waals surface area contributed by atoms with Gasteiger partial charge in [0, 0.05) is 19.6 Å². The number of morpholine rings is 1. The second kappa shape index (κ2) is 3.69. The lowest BCUT2D eigenvalue weighted by molar-refractivity contribution is -0.0892. The fourth-order valence-corrected chi connectivity index (χ4v) is 2.68. The van der Waals surface area contributed by atoms with Gasteiger partial charge in [-0.15, -0.1) is 0 Å². The van der Waals surface area contributed by atoms with Crippen LogP contribution in [0.15, 0.2) is 0 Å². The van der Waals surface area contributed by atoms with Crippen LogP contribution in [0.3, 0.4) is 0 Å². The molecule has 0 aromatic heterocycles. The van der Waals surface area contributed by atoms with Crippen molar-refractivity contribution in [2.75, 3.05) is 32.0 Å². The van der Waals surface area contributed by atoms with Gasteiger partial charge in [-0.25, -0.2) is 0 Å². The van der Waals surface area contributed by atoms with Crippen molar-refractivity contribution in [3.8, 4) is 0 Å². The summed E-state index contributed by atoms with van der Waals surface area (Å²) in [5.74, 6) is 1.05. The lowest BCUT2D eigenvalue weighted by Crippen LogP contribution is -2.50. The number of hydrogen-bond acceptors (Lipinski definition) is 3. The van der Waals surface area contributed by atoms with Crippen molar-refractivity contribution >= 4 is 12.6 Å². The average molecular weight is 215 g/mol. The summed E-state index contributed by atoms with van der Waals surface area (Å²) in [4.78, 5) is 2.55. The molecule has 2 aliphatic rings. The van der Waals surface area contributed by atoms with Crippen molar-refractivity contribution in [3.05, 3.63) is 0 Å². The lowest BCUT2D eigenvalue weighted by atomic mass is 10.0. The molecule has 0 atom stereocenters. The Morgan fingerprint density at radius 1 is 1.36 bits per heavy atom. The molecule has 82 valence electrons. The first-order valence-corrected chi connectivity index (χ1v) is 6.16. The van der Waals surface area contributed by atoms with Crippen molar-refractivity contribution in [2.45, 2.75) is 32.3 Å². The monoisotopic (exact) mass is 215 g/mol. The standard InChI is InChI=1S/C11H21NOS/c1-10(2)7-12(5-6-13-10)8-11(9-14)3-4-11/h14H,3-9H2,1-2H3. The summed E-state index contributed by atoms with van der Waals surface area (Å²) in [6.07, 6.45) is 2.74. The van der Waals surface area contributed by atoms with Gasteiger partial charge < -0.3 is 4.74 Å². The molecule has 1 aliphatic carbocycles. The van der Waals surface area contributed by atoms with Gasteiger partial charge in [-0.1, -0.05) is 0 Å². The molecule has 1 aliphatic heterocycles. The van der Waals surface area contributed by atoms with Gasteiger partial charge in [0.15, 0.2) is 0 Å². The van der Waals surface area contributed by atoms with Crippen LogP contribution in [0, 0.1) is 5.41 Å². The van der Waals surface area contributed by atoms with E-state index in [4.69, 9.17) is 4.74 Å². The topological polar surface area (TPSA) is 12.5 Å². The summed E-state index contributed by atoms with van der Waals surface area (Å²) >= 11 is 4.45. The zero-order chi connectivity index (χ0) is 10.2. The van der Waals surface area contributed by atoms with Gasteiger partial charge in [-0.2, -0.15) is 12.6 Å². The minimum atomic E-state index is 0.0466. The smallest absolute Gasteiger partial charge is 0.0753 e. The average Bonchev–Trinajstić information content (AvgIpc) is 2.84. The van der Waals surface area contributed by atoms with Crippen LogP contribution in [0.2, 0.25) is 0 Å². The van der Waals surface area contributed by atoms with Crippen LogP contribution in [-0.4, -0.2) is 42.5 Å². The van der Waals surface area contributed by atoms with E-state index in [1.165, 1.54) is 19.4 Å². The molecular formula is C11H21NOS. The second-order valence-corrected chi connectivity index (χ2v) is 5.79. The molecule has 1 heterocycles. The van der Waals surface area contributed by atoms with E-state index in [2.05, 4.69) is 31.4 Å². The number of ether oxygens (including phenoxy) is 1. The van der Waals surface area contributed by atoms with Crippen molar-refractivity contribution in [1.29, 1.82) is 0 Å². The van der Waals surface area contributed by atoms with Gasteiger partial charge in [0.25, 0.3) is 0 Å². The Morgan fingerprint density at radius 3 is 2.57 bits per heavy atom. The lowest BCUT2D eigenvalue weighted by Gasteiger charge is -2.39. The molecule has 2 rings (SSSR count). The van der Waals surface area contributed by atoms with Crippen LogP contribution in [0.4, 0.5) is 0 Å². The summed E-state index contributed by atoms with van der Waals surface area (Å²) in [6.45, 7) is 8.64. The van der Waals surface area contributed by atoms with Crippen LogP contribution >= 0.6 is 12.6 Å². The first-order chi connectivity index (χ1) is 6.55. The maximum atomic E-state index is 5.70. The zero-order valence-corrected chi connectivity index (χ0v) is 10.1. The number of rotatable bonds is 3. The highest BCUT2D eigenvalue weighted by atomic mass is 32.1. The van der Waals surface area contributed by atoms with E-state index in [-0.39, 0.29) is 5.60 Å². The molecule has 0 radical (unpaired) electrons. The summed E-state index contributed by atoms with van der Waals surface area (Å²) in [5, 5.41) is 0. The summed E-state index contributed by atoms with van der Waals surface area (Å²) in [6, 6.07) is 0. The van der Waals surface area contributed by atoms with E-state index in [1.54, 1.807) is 0 Å². The molecule has 0 spiro atoms. The van der Waals surface area contributed by atoms with Gasteiger partial charge in [0.1, 0.15) is 0 Å². The van der Waals surface area contributed by atoms with Gasteiger partial charge >= 0.3 is 0 Å². The van der Waals surface area contributed by atoms with Crippen molar-refractivity contribution in [3.63, 3.8) is 0 Å². The number of thiol groups is 1. The number of nitrogens with zero attached hydrogens (tertiary/aromatic N) is 1. The van der Waals surface area contributed by atoms with Gasteiger partial charge in [0.2, 0.25) is 0 Å². The highest BCUT2D eigenvalue weighted by molar-refractivity contribution is 7.80. The minimum absolute atomic E-state index is 0.0466. The van der Waals surface area contributed by atoms with Crippen LogP contribution in [0.25, 0.3) is 0 Å². The molecular weight excluding hydrogens is 194 g/mol. The molecule has 0 unspecified atom stereocenters.